The van der Waals surface area contributed by atoms with Gasteiger partial charge in [0, 0.05) is 28.1 Å². The number of nitrogen functional groups attached to an aromatic ring is 1. The fourth-order valence-electron chi connectivity index (χ4n) is 6.80. The summed E-state index contributed by atoms with van der Waals surface area (Å²) in [5.41, 5.74) is 18.1. The van der Waals surface area contributed by atoms with Gasteiger partial charge in [-0.25, -0.2) is 9.98 Å². The lowest BCUT2D eigenvalue weighted by molar-refractivity contribution is 1.10. The van der Waals surface area contributed by atoms with Gasteiger partial charge in [0.2, 0.25) is 0 Å². The van der Waals surface area contributed by atoms with Crippen molar-refractivity contribution >= 4 is 50.4 Å². The van der Waals surface area contributed by atoms with Crippen molar-refractivity contribution in [2.24, 2.45) is 4.99 Å². The van der Waals surface area contributed by atoms with Crippen molar-refractivity contribution in [3.05, 3.63) is 181 Å². The number of imidazole rings is 1. The summed E-state index contributed by atoms with van der Waals surface area (Å²) in [5.74, 6) is 1.70. The van der Waals surface area contributed by atoms with Crippen LogP contribution >= 0.6 is 0 Å². The van der Waals surface area contributed by atoms with E-state index in [2.05, 4.69) is 143 Å². The van der Waals surface area contributed by atoms with Crippen molar-refractivity contribution in [3.8, 4) is 28.2 Å². The third-order valence-corrected chi connectivity index (χ3v) is 9.25. The second-order valence-electron chi connectivity index (χ2n) is 12.2. The van der Waals surface area contributed by atoms with Crippen molar-refractivity contribution < 1.29 is 0 Å². The van der Waals surface area contributed by atoms with Crippen molar-refractivity contribution in [1.29, 1.82) is 0 Å². The standard InChI is InChI=1S/C44H31N5/c1-29-37-28-34(31-19-22-32(23-20-31)43-47-40-16-8-10-18-42(40)49(43)36-13-3-2-4-14-36)25-26-39(37)46-44(48(29)41-17-9-7-15-38(41)45)35-24-21-30-11-5-6-12-33(30)27-35/h2-28H,1,45H2. The van der Waals surface area contributed by atoms with E-state index < -0.39 is 0 Å². The van der Waals surface area contributed by atoms with Gasteiger partial charge in [0.05, 0.1) is 28.1 Å². The smallest absolute Gasteiger partial charge is 0.145 e. The molecule has 0 saturated carbocycles. The first kappa shape index (κ1) is 28.5. The van der Waals surface area contributed by atoms with Crippen LogP contribution in [0, 0.1) is 0 Å². The Balaban J connectivity index is 1.13. The van der Waals surface area contributed by atoms with Crippen LogP contribution in [0.1, 0.15) is 11.1 Å². The van der Waals surface area contributed by atoms with Crippen molar-refractivity contribution in [2.45, 2.75) is 0 Å². The highest BCUT2D eigenvalue weighted by Crippen LogP contribution is 2.42. The Morgan fingerprint density at radius 1 is 0.551 bits per heavy atom. The molecule has 5 heteroatoms. The second kappa shape index (κ2) is 11.5. The lowest BCUT2D eigenvalue weighted by atomic mass is 9.96. The van der Waals surface area contributed by atoms with E-state index in [9.17, 15) is 0 Å². The fourth-order valence-corrected chi connectivity index (χ4v) is 6.80. The number of fused-ring (bicyclic) bond motifs is 3. The molecule has 2 heterocycles. The molecule has 0 bridgehead atoms. The number of nitrogens with two attached hydrogens (primary N) is 1. The first-order valence-electron chi connectivity index (χ1n) is 16.3. The minimum Gasteiger partial charge on any atom is -0.397 e. The Kier molecular flexibility index (Phi) is 6.69. The average Bonchev–Trinajstić information content (AvgIpc) is 3.55. The summed E-state index contributed by atoms with van der Waals surface area (Å²) in [6, 6.07) is 56.4. The van der Waals surface area contributed by atoms with Crippen LogP contribution in [0.5, 0.6) is 0 Å². The molecule has 0 saturated heterocycles. The molecule has 0 spiro atoms. The highest BCUT2D eigenvalue weighted by molar-refractivity contribution is 6.22. The van der Waals surface area contributed by atoms with Gasteiger partial charge >= 0.3 is 0 Å². The molecule has 9 rings (SSSR count). The number of nitrogens with zero attached hydrogens (tertiary/aromatic N) is 4. The Morgan fingerprint density at radius 2 is 1.22 bits per heavy atom. The van der Waals surface area contributed by atoms with Crippen LogP contribution in [0.4, 0.5) is 17.1 Å². The number of aromatic nitrogens is 2. The molecule has 0 unspecified atom stereocenters. The zero-order valence-corrected chi connectivity index (χ0v) is 26.7. The molecule has 5 nitrogen and oxygen atoms in total. The number of hydrogen-bond donors (Lipinski definition) is 1. The SMILES string of the molecule is C=C1c2cc(-c3ccc(-c4nc5ccccc5n4-c4ccccc4)cc3)ccc2N=C(c2ccc3ccccc3c2)N1c1ccccc1N. The average molecular weight is 630 g/mol. The predicted octanol–water partition coefficient (Wildman–Crippen LogP) is 10.7. The van der Waals surface area contributed by atoms with E-state index >= 15 is 0 Å². The summed E-state index contributed by atoms with van der Waals surface area (Å²) in [4.78, 5) is 12.4. The molecule has 0 fully saturated rings. The van der Waals surface area contributed by atoms with E-state index in [-0.39, 0.29) is 0 Å². The van der Waals surface area contributed by atoms with Crippen LogP contribution in [0.15, 0.2) is 175 Å². The molecule has 7 aromatic carbocycles. The van der Waals surface area contributed by atoms with E-state index in [1.165, 1.54) is 5.39 Å². The van der Waals surface area contributed by atoms with Crippen LogP contribution in [0.3, 0.4) is 0 Å². The minimum absolute atomic E-state index is 0.661. The largest absolute Gasteiger partial charge is 0.397 e. The van der Waals surface area contributed by atoms with Gasteiger partial charge < -0.3 is 5.73 Å². The highest BCUT2D eigenvalue weighted by Gasteiger charge is 2.28. The lowest BCUT2D eigenvalue weighted by Gasteiger charge is -2.33. The van der Waals surface area contributed by atoms with Gasteiger partial charge in [-0.2, -0.15) is 0 Å². The molecule has 2 N–H and O–H groups in total. The lowest BCUT2D eigenvalue weighted by Crippen LogP contribution is -2.32. The van der Waals surface area contributed by atoms with E-state index in [0.717, 1.165) is 78.7 Å². The van der Waals surface area contributed by atoms with Crippen molar-refractivity contribution in [3.63, 3.8) is 0 Å². The number of amidine groups is 1. The molecular formula is C44H31N5. The van der Waals surface area contributed by atoms with Gasteiger partial charge in [-0.05, 0) is 76.5 Å². The maximum absolute atomic E-state index is 6.58. The molecule has 1 aromatic heterocycles. The van der Waals surface area contributed by atoms with Gasteiger partial charge in [-0.15, -0.1) is 0 Å². The molecule has 1 aliphatic heterocycles. The third-order valence-electron chi connectivity index (χ3n) is 9.25. The third kappa shape index (κ3) is 4.88. The number of aliphatic imine (C=N–C) groups is 1. The van der Waals surface area contributed by atoms with E-state index in [0.29, 0.717) is 5.69 Å². The number of para-hydroxylation sites is 5. The van der Waals surface area contributed by atoms with E-state index in [1.807, 2.05) is 36.4 Å². The van der Waals surface area contributed by atoms with Gasteiger partial charge in [0.15, 0.2) is 0 Å². The molecule has 1 aliphatic rings. The monoisotopic (exact) mass is 629 g/mol. The molecule has 49 heavy (non-hydrogen) atoms. The summed E-state index contributed by atoms with van der Waals surface area (Å²) < 4.78 is 2.22. The summed E-state index contributed by atoms with van der Waals surface area (Å²) in [5, 5.41) is 2.33. The first-order valence-corrected chi connectivity index (χ1v) is 16.3. The number of hydrogen-bond acceptors (Lipinski definition) is 4. The molecule has 0 atom stereocenters. The van der Waals surface area contributed by atoms with E-state index in [1.54, 1.807) is 0 Å². The number of benzene rings is 7. The van der Waals surface area contributed by atoms with Crippen molar-refractivity contribution in [1.82, 2.24) is 9.55 Å². The van der Waals surface area contributed by atoms with Crippen molar-refractivity contribution in [2.75, 3.05) is 10.6 Å². The van der Waals surface area contributed by atoms with Crippen LogP contribution in [0.2, 0.25) is 0 Å². The summed E-state index contributed by atoms with van der Waals surface area (Å²) in [6.45, 7) is 4.62. The normalized spacial score (nSPS) is 12.7. The van der Waals surface area contributed by atoms with Gasteiger partial charge in [-0.3, -0.25) is 9.47 Å². The molecule has 0 radical (unpaired) electrons. The Morgan fingerprint density at radius 3 is 2.06 bits per heavy atom. The number of rotatable bonds is 5. The van der Waals surface area contributed by atoms with Gasteiger partial charge in [0.1, 0.15) is 11.7 Å². The van der Waals surface area contributed by atoms with Crippen LogP contribution in [-0.2, 0) is 0 Å². The Hall–Kier alpha value is -6.72. The fraction of sp³-hybridized carbons (Fsp3) is 0. The van der Waals surface area contributed by atoms with Gasteiger partial charge in [0.25, 0.3) is 0 Å². The highest BCUT2D eigenvalue weighted by atomic mass is 15.2. The Bertz CT molecular complexity index is 2580. The molecular weight excluding hydrogens is 599 g/mol. The van der Waals surface area contributed by atoms with E-state index in [4.69, 9.17) is 15.7 Å². The predicted molar refractivity (Wildman–Crippen MR) is 204 cm³/mol. The topological polar surface area (TPSA) is 59.4 Å². The first-order chi connectivity index (χ1) is 24.1. The van der Waals surface area contributed by atoms with Gasteiger partial charge in [-0.1, -0.05) is 116 Å². The molecule has 0 aliphatic carbocycles. The van der Waals surface area contributed by atoms with Crippen LogP contribution in [-0.4, -0.2) is 15.4 Å². The Labute approximate surface area is 284 Å². The maximum atomic E-state index is 6.58. The van der Waals surface area contributed by atoms with Crippen LogP contribution < -0.4 is 10.6 Å². The zero-order chi connectivity index (χ0) is 32.9. The summed E-state index contributed by atoms with van der Waals surface area (Å²) >= 11 is 0. The molecule has 232 valence electrons. The minimum atomic E-state index is 0.661. The van der Waals surface area contributed by atoms with Crippen LogP contribution in [0.25, 0.3) is 55.7 Å². The zero-order valence-electron chi connectivity index (χ0n) is 26.7. The number of anilines is 2. The summed E-state index contributed by atoms with van der Waals surface area (Å²) in [6.07, 6.45) is 0. The summed E-state index contributed by atoms with van der Waals surface area (Å²) in [7, 11) is 0. The quantitative estimate of drug-likeness (QED) is 0.193. The molecule has 8 aromatic rings. The molecule has 0 amide bonds. The maximum Gasteiger partial charge on any atom is 0.145 e. The second-order valence-corrected chi connectivity index (χ2v) is 12.2.